The molecule has 0 aliphatic carbocycles. The van der Waals surface area contributed by atoms with Crippen LogP contribution in [0.4, 0.5) is 0 Å². The van der Waals surface area contributed by atoms with Crippen molar-refractivity contribution in [2.45, 2.75) is 44.3 Å². The second kappa shape index (κ2) is 13.4. The monoisotopic (exact) mass is 573 g/mol. The number of rotatable bonds is 7. The van der Waals surface area contributed by atoms with Crippen LogP contribution in [0, 0.1) is 0 Å². The number of benzene rings is 1. The number of ether oxygens (including phenoxy) is 1. The van der Waals surface area contributed by atoms with Gasteiger partial charge in [-0.1, -0.05) is 30.7 Å². The minimum absolute atomic E-state index is 0. The summed E-state index contributed by atoms with van der Waals surface area (Å²) in [6.07, 6.45) is 5.32. The van der Waals surface area contributed by atoms with Gasteiger partial charge in [-0.3, -0.25) is 14.8 Å². The third-order valence-corrected chi connectivity index (χ3v) is 8.14. The molecule has 1 aromatic carbocycles. The predicted octanol–water partition coefficient (Wildman–Crippen LogP) is 3.16. The first-order valence-corrected chi connectivity index (χ1v) is 13.1. The lowest BCUT2D eigenvalue weighted by atomic mass is 9.95. The van der Waals surface area contributed by atoms with Crippen LogP contribution in [0.25, 0.3) is 0 Å². The Balaban J connectivity index is 0.00000289. The largest absolute Gasteiger partial charge is 0.379 e. The van der Waals surface area contributed by atoms with Gasteiger partial charge in [0.05, 0.1) is 13.2 Å². The highest BCUT2D eigenvalue weighted by molar-refractivity contribution is 14.0. The van der Waals surface area contributed by atoms with Gasteiger partial charge in [-0.15, -0.1) is 24.0 Å². The molecule has 0 saturated carbocycles. The highest BCUT2D eigenvalue weighted by Gasteiger charge is 2.40. The van der Waals surface area contributed by atoms with Crippen LogP contribution in [-0.2, 0) is 17.8 Å². The minimum Gasteiger partial charge on any atom is -0.379 e. The summed E-state index contributed by atoms with van der Waals surface area (Å²) in [4.78, 5) is 9.69. The highest BCUT2D eigenvalue weighted by Crippen LogP contribution is 2.33. The molecule has 180 valence electrons. The Labute approximate surface area is 215 Å². The van der Waals surface area contributed by atoms with E-state index in [4.69, 9.17) is 4.74 Å². The number of guanidine groups is 1. The average Bonchev–Trinajstić information content (AvgIpc) is 3.32. The molecule has 8 heteroatoms. The number of nitrogens with zero attached hydrogens (tertiary/aromatic N) is 3. The van der Waals surface area contributed by atoms with E-state index >= 15 is 0 Å². The molecule has 32 heavy (non-hydrogen) atoms. The van der Waals surface area contributed by atoms with Crippen LogP contribution < -0.4 is 10.6 Å². The third kappa shape index (κ3) is 7.22. The molecular formula is C24H40IN5OS. The van der Waals surface area contributed by atoms with Crippen molar-refractivity contribution in [1.29, 1.82) is 0 Å². The maximum atomic E-state index is 5.58. The number of hydrogen-bond acceptors (Lipinski definition) is 5. The van der Waals surface area contributed by atoms with Gasteiger partial charge in [-0.25, -0.2) is 0 Å². The number of nitrogens with one attached hydrogen (secondary N) is 2. The van der Waals surface area contributed by atoms with Crippen LogP contribution in [0.15, 0.2) is 29.3 Å². The maximum Gasteiger partial charge on any atom is 0.191 e. The van der Waals surface area contributed by atoms with E-state index in [1.165, 1.54) is 61.4 Å². The van der Waals surface area contributed by atoms with Gasteiger partial charge in [-0.2, -0.15) is 11.8 Å². The van der Waals surface area contributed by atoms with Crippen LogP contribution in [0.1, 0.15) is 36.8 Å². The molecular weight excluding hydrogens is 533 g/mol. The number of likely N-dealkylation sites (tertiary alicyclic amines) is 1. The van der Waals surface area contributed by atoms with Crippen molar-refractivity contribution in [2.75, 3.05) is 64.5 Å². The molecule has 3 aliphatic rings. The summed E-state index contributed by atoms with van der Waals surface area (Å²) < 4.78 is 5.58. The molecule has 1 atom stereocenters. The first kappa shape index (κ1) is 26.1. The smallest absolute Gasteiger partial charge is 0.191 e. The number of hydrogen-bond donors (Lipinski definition) is 2. The zero-order chi connectivity index (χ0) is 21.4. The molecule has 3 fully saturated rings. The molecule has 0 spiro atoms. The number of morpholine rings is 1. The molecule has 1 unspecified atom stereocenters. The Morgan fingerprint density at radius 2 is 1.75 bits per heavy atom. The fourth-order valence-electron chi connectivity index (χ4n) is 4.93. The van der Waals surface area contributed by atoms with Crippen molar-refractivity contribution in [3.05, 3.63) is 35.4 Å². The van der Waals surface area contributed by atoms with Gasteiger partial charge in [-0.05, 0) is 49.2 Å². The van der Waals surface area contributed by atoms with Crippen molar-refractivity contribution in [2.24, 2.45) is 4.99 Å². The summed E-state index contributed by atoms with van der Waals surface area (Å²) in [7, 11) is 1.86. The van der Waals surface area contributed by atoms with Gasteiger partial charge < -0.3 is 15.4 Å². The van der Waals surface area contributed by atoms with Crippen LogP contribution in [0.5, 0.6) is 0 Å². The average molecular weight is 574 g/mol. The quantitative estimate of drug-likeness (QED) is 0.297. The van der Waals surface area contributed by atoms with E-state index < -0.39 is 0 Å². The zero-order valence-corrected chi connectivity index (χ0v) is 22.6. The predicted molar refractivity (Wildman–Crippen MR) is 146 cm³/mol. The summed E-state index contributed by atoms with van der Waals surface area (Å²) in [6, 6.07) is 9.07. The molecule has 0 radical (unpaired) electrons. The standard InChI is InChI=1S/C24H39N5OS.HI/c1-25-23(27-19-24(9-16-31-20-24)29-12-14-30-15-13-29)26-17-21-5-7-22(8-6-21)18-28-10-3-2-4-11-28;/h5-8H,2-4,9-20H2,1H3,(H2,25,26,27);1H. The molecule has 3 heterocycles. The zero-order valence-electron chi connectivity index (χ0n) is 19.5. The maximum absolute atomic E-state index is 5.58. The second-order valence-corrected chi connectivity index (χ2v) is 10.2. The van der Waals surface area contributed by atoms with Gasteiger partial charge in [0, 0.05) is 51.1 Å². The Kier molecular flexibility index (Phi) is 10.9. The normalized spacial score (nSPS) is 25.3. The van der Waals surface area contributed by atoms with Crippen molar-refractivity contribution < 1.29 is 4.74 Å². The second-order valence-electron chi connectivity index (χ2n) is 9.06. The number of piperidine rings is 1. The van der Waals surface area contributed by atoms with E-state index in [1.54, 1.807) is 0 Å². The van der Waals surface area contributed by atoms with Gasteiger partial charge in [0.1, 0.15) is 0 Å². The van der Waals surface area contributed by atoms with Crippen molar-refractivity contribution in [1.82, 2.24) is 20.4 Å². The molecule has 0 aromatic heterocycles. The molecule has 1 aromatic rings. The lowest BCUT2D eigenvalue weighted by Gasteiger charge is -2.43. The molecule has 2 N–H and O–H groups in total. The fourth-order valence-corrected chi connectivity index (χ4v) is 6.41. The van der Waals surface area contributed by atoms with Gasteiger partial charge in [0.2, 0.25) is 0 Å². The molecule has 0 amide bonds. The minimum atomic E-state index is 0. The Morgan fingerprint density at radius 1 is 1.03 bits per heavy atom. The first-order chi connectivity index (χ1) is 15.3. The summed E-state index contributed by atoms with van der Waals surface area (Å²) in [5.74, 6) is 3.33. The third-order valence-electron chi connectivity index (χ3n) is 6.91. The summed E-state index contributed by atoms with van der Waals surface area (Å²) >= 11 is 2.07. The van der Waals surface area contributed by atoms with E-state index in [0.29, 0.717) is 0 Å². The number of halogens is 1. The lowest BCUT2D eigenvalue weighted by Crippen LogP contribution is -2.60. The summed E-state index contributed by atoms with van der Waals surface area (Å²) in [5.41, 5.74) is 2.94. The lowest BCUT2D eigenvalue weighted by molar-refractivity contribution is -0.0120. The fraction of sp³-hybridized carbons (Fsp3) is 0.708. The van der Waals surface area contributed by atoms with Crippen LogP contribution in [0.3, 0.4) is 0 Å². The van der Waals surface area contributed by atoms with E-state index in [9.17, 15) is 0 Å². The van der Waals surface area contributed by atoms with E-state index in [2.05, 4.69) is 61.5 Å². The van der Waals surface area contributed by atoms with Gasteiger partial charge >= 0.3 is 0 Å². The molecule has 3 saturated heterocycles. The van der Waals surface area contributed by atoms with Crippen molar-refractivity contribution in [3.8, 4) is 0 Å². The van der Waals surface area contributed by atoms with E-state index in [1.807, 2.05) is 7.05 Å². The Hall–Kier alpha value is -0.550. The number of aliphatic imine (C=N–C) groups is 1. The van der Waals surface area contributed by atoms with Crippen molar-refractivity contribution in [3.63, 3.8) is 0 Å². The number of thioether (sulfide) groups is 1. The molecule has 6 nitrogen and oxygen atoms in total. The van der Waals surface area contributed by atoms with E-state index in [0.717, 1.165) is 51.9 Å². The molecule has 4 rings (SSSR count). The summed E-state index contributed by atoms with van der Waals surface area (Å²) in [6.45, 7) is 9.10. The van der Waals surface area contributed by atoms with Gasteiger partial charge in [0.15, 0.2) is 5.96 Å². The van der Waals surface area contributed by atoms with Crippen LogP contribution in [0.2, 0.25) is 0 Å². The Morgan fingerprint density at radius 3 is 2.41 bits per heavy atom. The van der Waals surface area contributed by atoms with Crippen LogP contribution >= 0.6 is 35.7 Å². The summed E-state index contributed by atoms with van der Waals surface area (Å²) in [5, 5.41) is 7.13. The topological polar surface area (TPSA) is 52.1 Å². The molecule has 0 bridgehead atoms. The molecule has 3 aliphatic heterocycles. The van der Waals surface area contributed by atoms with Crippen molar-refractivity contribution >= 4 is 41.7 Å². The highest BCUT2D eigenvalue weighted by atomic mass is 127. The first-order valence-electron chi connectivity index (χ1n) is 11.9. The SMILES string of the molecule is CN=C(NCc1ccc(CN2CCCCC2)cc1)NCC1(N2CCOCC2)CCSC1.I. The van der Waals surface area contributed by atoms with Gasteiger partial charge in [0.25, 0.3) is 0 Å². The van der Waals surface area contributed by atoms with Crippen LogP contribution in [-0.4, -0.2) is 85.8 Å². The Bertz CT molecular complexity index is 699. The van der Waals surface area contributed by atoms with E-state index in [-0.39, 0.29) is 29.5 Å².